The smallest absolute Gasteiger partial charge is 0.255 e. The van der Waals surface area contributed by atoms with Gasteiger partial charge in [-0.1, -0.05) is 6.07 Å². The molecule has 0 bridgehead atoms. The molecule has 1 fully saturated rings. The molecule has 0 radical (unpaired) electrons. The van der Waals surface area contributed by atoms with Crippen LogP contribution in [0.5, 0.6) is 0 Å². The summed E-state index contributed by atoms with van der Waals surface area (Å²) in [5.74, 6) is 0.584. The first-order valence-electron chi connectivity index (χ1n) is 6.72. The molecule has 1 heterocycles. The topological polar surface area (TPSA) is 41.6 Å². The first kappa shape index (κ1) is 13.9. The van der Waals surface area contributed by atoms with Crippen LogP contribution in [-0.4, -0.2) is 44.7 Å². The highest BCUT2D eigenvalue weighted by atomic mass is 16.5. The molecule has 2 rings (SSSR count). The molecule has 1 atom stereocenters. The quantitative estimate of drug-likeness (QED) is 0.904. The van der Waals surface area contributed by atoms with Gasteiger partial charge in [0.1, 0.15) is 0 Å². The summed E-state index contributed by atoms with van der Waals surface area (Å²) in [7, 11) is 3.56. The lowest BCUT2D eigenvalue weighted by Crippen LogP contribution is -2.29. The third-order valence-corrected chi connectivity index (χ3v) is 3.65. The molecule has 1 aliphatic heterocycles. The summed E-state index contributed by atoms with van der Waals surface area (Å²) in [6.45, 7) is 4.38. The normalized spacial score (nSPS) is 18.7. The minimum Gasteiger partial charge on any atom is -0.387 e. The number of nitrogens with one attached hydrogen (secondary N) is 1. The molecule has 1 aliphatic rings. The van der Waals surface area contributed by atoms with Gasteiger partial charge in [-0.2, -0.15) is 0 Å². The monoisotopic (exact) mass is 262 g/mol. The summed E-state index contributed by atoms with van der Waals surface area (Å²) in [6.07, 6.45) is 1.03. The van der Waals surface area contributed by atoms with Gasteiger partial charge in [-0.05, 0) is 31.0 Å². The molecule has 0 aliphatic carbocycles. The Morgan fingerprint density at radius 2 is 2.32 bits per heavy atom. The van der Waals surface area contributed by atoms with Crippen molar-refractivity contribution < 1.29 is 9.53 Å². The molecule has 1 saturated heterocycles. The molecule has 0 saturated carbocycles. The van der Waals surface area contributed by atoms with Crippen LogP contribution in [0.25, 0.3) is 0 Å². The maximum atomic E-state index is 12.5. The number of anilines is 1. The van der Waals surface area contributed by atoms with E-state index in [0.717, 1.165) is 42.9 Å². The van der Waals surface area contributed by atoms with E-state index in [0.29, 0.717) is 5.92 Å². The number of carbonyl (C=O) groups excluding carboxylic acids is 1. The van der Waals surface area contributed by atoms with Crippen molar-refractivity contribution in [2.75, 3.05) is 39.2 Å². The maximum Gasteiger partial charge on any atom is 0.255 e. The predicted molar refractivity (Wildman–Crippen MR) is 76.6 cm³/mol. The van der Waals surface area contributed by atoms with Crippen molar-refractivity contribution in [2.24, 2.45) is 5.92 Å². The largest absolute Gasteiger partial charge is 0.387 e. The standard InChI is InChI=1S/C15H22N2O2/c1-11-4-5-13(14(8-11)16-2)15(18)17-7-6-12(9-17)10-19-3/h4-5,8,12,16H,6-7,9-10H2,1-3H3. The Bertz CT molecular complexity index is 459. The Balaban J connectivity index is 2.12. The second-order valence-corrected chi connectivity index (χ2v) is 5.16. The molecule has 0 spiro atoms. The second kappa shape index (κ2) is 6.06. The molecular weight excluding hydrogens is 240 g/mol. The number of ether oxygens (including phenoxy) is 1. The maximum absolute atomic E-state index is 12.5. The van der Waals surface area contributed by atoms with E-state index in [1.807, 2.05) is 37.1 Å². The lowest BCUT2D eigenvalue weighted by atomic mass is 10.1. The molecule has 1 N–H and O–H groups in total. The van der Waals surface area contributed by atoms with E-state index >= 15 is 0 Å². The summed E-state index contributed by atoms with van der Waals surface area (Å²) in [4.78, 5) is 14.5. The summed E-state index contributed by atoms with van der Waals surface area (Å²) >= 11 is 0. The summed E-state index contributed by atoms with van der Waals surface area (Å²) in [6, 6.07) is 5.90. The van der Waals surface area contributed by atoms with Gasteiger partial charge in [0.15, 0.2) is 0 Å². The van der Waals surface area contributed by atoms with Gasteiger partial charge in [-0.15, -0.1) is 0 Å². The van der Waals surface area contributed by atoms with Crippen molar-refractivity contribution in [3.63, 3.8) is 0 Å². The molecule has 0 aromatic heterocycles. The molecule has 4 heteroatoms. The van der Waals surface area contributed by atoms with Crippen LogP contribution in [0, 0.1) is 12.8 Å². The van der Waals surface area contributed by atoms with Crippen LogP contribution in [0.1, 0.15) is 22.3 Å². The van der Waals surface area contributed by atoms with Crippen LogP contribution in [0.3, 0.4) is 0 Å². The molecular formula is C15H22N2O2. The van der Waals surface area contributed by atoms with Crippen molar-refractivity contribution in [3.8, 4) is 0 Å². The van der Waals surface area contributed by atoms with E-state index in [-0.39, 0.29) is 5.91 Å². The molecule has 19 heavy (non-hydrogen) atoms. The molecule has 1 aromatic carbocycles. The van der Waals surface area contributed by atoms with E-state index in [1.54, 1.807) is 7.11 Å². The first-order chi connectivity index (χ1) is 9.15. The highest BCUT2D eigenvalue weighted by molar-refractivity contribution is 5.99. The zero-order chi connectivity index (χ0) is 13.8. The Labute approximate surface area is 114 Å². The third-order valence-electron chi connectivity index (χ3n) is 3.65. The Morgan fingerprint density at radius 1 is 1.53 bits per heavy atom. The zero-order valence-electron chi connectivity index (χ0n) is 11.9. The fraction of sp³-hybridized carbons (Fsp3) is 0.533. The molecule has 104 valence electrons. The first-order valence-corrected chi connectivity index (χ1v) is 6.72. The summed E-state index contributed by atoms with van der Waals surface area (Å²) in [5.41, 5.74) is 2.81. The number of hydrogen-bond acceptors (Lipinski definition) is 3. The number of methoxy groups -OCH3 is 1. The van der Waals surface area contributed by atoms with Crippen LogP contribution < -0.4 is 5.32 Å². The Hall–Kier alpha value is -1.55. The second-order valence-electron chi connectivity index (χ2n) is 5.16. The number of benzene rings is 1. The number of hydrogen-bond donors (Lipinski definition) is 1. The van der Waals surface area contributed by atoms with Gasteiger partial charge in [-0.3, -0.25) is 4.79 Å². The Kier molecular flexibility index (Phi) is 4.43. The van der Waals surface area contributed by atoms with E-state index in [9.17, 15) is 4.79 Å². The van der Waals surface area contributed by atoms with Crippen LogP contribution in [0.2, 0.25) is 0 Å². The summed E-state index contributed by atoms with van der Waals surface area (Å²) < 4.78 is 5.17. The van der Waals surface area contributed by atoms with Gasteiger partial charge < -0.3 is 15.0 Å². The van der Waals surface area contributed by atoms with Crippen LogP contribution >= 0.6 is 0 Å². The average molecular weight is 262 g/mol. The van der Waals surface area contributed by atoms with Gasteiger partial charge in [0.05, 0.1) is 12.2 Å². The van der Waals surface area contributed by atoms with Crippen molar-refractivity contribution >= 4 is 11.6 Å². The summed E-state index contributed by atoms with van der Waals surface area (Å²) in [5, 5.41) is 3.10. The fourth-order valence-corrected chi connectivity index (χ4v) is 2.61. The van der Waals surface area contributed by atoms with Crippen LogP contribution in [0.4, 0.5) is 5.69 Å². The minimum atomic E-state index is 0.114. The van der Waals surface area contributed by atoms with Gasteiger partial charge >= 0.3 is 0 Å². The number of carbonyl (C=O) groups is 1. The van der Waals surface area contributed by atoms with E-state index in [2.05, 4.69) is 5.32 Å². The predicted octanol–water partition coefficient (Wildman–Crippen LogP) is 2.15. The highest BCUT2D eigenvalue weighted by Gasteiger charge is 2.27. The number of aryl methyl sites for hydroxylation is 1. The number of rotatable bonds is 4. The van der Waals surface area contributed by atoms with E-state index in [1.165, 1.54) is 0 Å². The average Bonchev–Trinajstić information content (AvgIpc) is 2.87. The molecule has 1 unspecified atom stereocenters. The van der Waals surface area contributed by atoms with E-state index in [4.69, 9.17) is 4.74 Å². The molecule has 4 nitrogen and oxygen atoms in total. The van der Waals surface area contributed by atoms with Crippen LogP contribution in [-0.2, 0) is 4.74 Å². The van der Waals surface area contributed by atoms with Crippen molar-refractivity contribution in [2.45, 2.75) is 13.3 Å². The van der Waals surface area contributed by atoms with Crippen molar-refractivity contribution in [3.05, 3.63) is 29.3 Å². The SMILES string of the molecule is CNc1cc(C)ccc1C(=O)N1CCC(COC)C1. The van der Waals surface area contributed by atoms with Gasteiger partial charge in [0, 0.05) is 38.9 Å². The zero-order valence-corrected chi connectivity index (χ0v) is 11.9. The minimum absolute atomic E-state index is 0.114. The van der Waals surface area contributed by atoms with Gasteiger partial charge in [0.2, 0.25) is 0 Å². The van der Waals surface area contributed by atoms with Crippen LogP contribution in [0.15, 0.2) is 18.2 Å². The lowest BCUT2D eigenvalue weighted by Gasteiger charge is -2.18. The Morgan fingerprint density at radius 3 is 3.00 bits per heavy atom. The fourth-order valence-electron chi connectivity index (χ4n) is 2.61. The number of amides is 1. The molecule has 1 amide bonds. The van der Waals surface area contributed by atoms with Crippen molar-refractivity contribution in [1.82, 2.24) is 4.90 Å². The van der Waals surface area contributed by atoms with E-state index < -0.39 is 0 Å². The number of nitrogens with zero attached hydrogens (tertiary/aromatic N) is 1. The third kappa shape index (κ3) is 3.07. The lowest BCUT2D eigenvalue weighted by molar-refractivity contribution is 0.0776. The molecule has 1 aromatic rings. The number of likely N-dealkylation sites (tertiary alicyclic amines) is 1. The van der Waals surface area contributed by atoms with Gasteiger partial charge in [-0.25, -0.2) is 0 Å². The van der Waals surface area contributed by atoms with Gasteiger partial charge in [0.25, 0.3) is 5.91 Å². The van der Waals surface area contributed by atoms with Crippen molar-refractivity contribution in [1.29, 1.82) is 0 Å². The highest BCUT2D eigenvalue weighted by Crippen LogP contribution is 2.23.